The summed E-state index contributed by atoms with van der Waals surface area (Å²) in [6.45, 7) is 4.09. The zero-order valence-corrected chi connectivity index (χ0v) is 19.8. The van der Waals surface area contributed by atoms with Gasteiger partial charge in [-0.25, -0.2) is 13.4 Å². The highest BCUT2D eigenvalue weighted by atomic mass is 32.2. The number of nitrogens with one attached hydrogen (secondary N) is 1. The molecule has 1 aromatic carbocycles. The van der Waals surface area contributed by atoms with Crippen LogP contribution in [0, 0.1) is 16.0 Å². The van der Waals surface area contributed by atoms with Gasteiger partial charge in [-0.15, -0.1) is 0 Å². The normalized spacial score (nSPS) is 18.3. The number of piperidine rings is 1. The smallest absolute Gasteiger partial charge is 0.293 e. The van der Waals surface area contributed by atoms with Crippen molar-refractivity contribution in [2.24, 2.45) is 5.92 Å². The van der Waals surface area contributed by atoms with Crippen molar-refractivity contribution in [3.63, 3.8) is 0 Å². The number of fused-ring (bicyclic) bond motifs is 1. The van der Waals surface area contributed by atoms with Gasteiger partial charge in [0.15, 0.2) is 0 Å². The molecule has 4 heterocycles. The molecule has 178 valence electrons. The molecule has 0 saturated carbocycles. The number of benzene rings is 1. The van der Waals surface area contributed by atoms with E-state index in [1.807, 2.05) is 23.2 Å². The molecule has 2 aromatic heterocycles. The van der Waals surface area contributed by atoms with E-state index < -0.39 is 14.9 Å². The van der Waals surface area contributed by atoms with Crippen molar-refractivity contribution in [2.75, 3.05) is 31.1 Å². The quantitative estimate of drug-likeness (QED) is 0.432. The Bertz CT molecular complexity index is 1370. The first kappa shape index (κ1) is 22.5. The van der Waals surface area contributed by atoms with E-state index in [-0.39, 0.29) is 10.6 Å². The predicted octanol–water partition coefficient (Wildman–Crippen LogP) is 4.19. The van der Waals surface area contributed by atoms with Crippen LogP contribution >= 0.6 is 0 Å². The van der Waals surface area contributed by atoms with Crippen LogP contribution in [0.4, 0.5) is 11.4 Å². The molecule has 34 heavy (non-hydrogen) atoms. The molecule has 3 aromatic rings. The molecule has 0 aliphatic carbocycles. The monoisotopic (exact) mass is 481 g/mol. The average Bonchev–Trinajstić information content (AvgIpc) is 3.28. The largest absolute Gasteiger partial charge is 0.362 e. The van der Waals surface area contributed by atoms with Gasteiger partial charge in [0.05, 0.1) is 9.82 Å². The van der Waals surface area contributed by atoms with Crippen LogP contribution in [0.25, 0.3) is 16.6 Å². The Morgan fingerprint density at radius 3 is 2.68 bits per heavy atom. The Morgan fingerprint density at radius 2 is 1.97 bits per heavy atom. The Morgan fingerprint density at radius 1 is 1.18 bits per heavy atom. The Labute approximate surface area is 198 Å². The number of rotatable bonds is 5. The van der Waals surface area contributed by atoms with E-state index in [0.29, 0.717) is 44.2 Å². The molecular weight excluding hydrogens is 454 g/mol. The van der Waals surface area contributed by atoms with Crippen LogP contribution in [0.15, 0.2) is 53.7 Å². The van der Waals surface area contributed by atoms with Crippen molar-refractivity contribution in [1.82, 2.24) is 14.3 Å². The summed E-state index contributed by atoms with van der Waals surface area (Å²) in [4.78, 5) is 20.8. The van der Waals surface area contributed by atoms with Crippen molar-refractivity contribution in [3.8, 4) is 0 Å². The van der Waals surface area contributed by atoms with E-state index >= 15 is 0 Å². The summed E-state index contributed by atoms with van der Waals surface area (Å²) >= 11 is 0. The summed E-state index contributed by atoms with van der Waals surface area (Å²) in [5, 5.41) is 13.0. The fraction of sp³-hybridized carbons (Fsp3) is 0.375. The second-order valence-corrected chi connectivity index (χ2v) is 11.0. The maximum Gasteiger partial charge on any atom is 0.293 e. The van der Waals surface area contributed by atoms with Crippen LogP contribution in [-0.4, -0.2) is 53.8 Å². The topological polar surface area (TPSA) is 112 Å². The maximum atomic E-state index is 13.1. The molecule has 2 aliphatic rings. The minimum atomic E-state index is -3.76. The lowest BCUT2D eigenvalue weighted by Gasteiger charge is -2.30. The zero-order valence-electron chi connectivity index (χ0n) is 19.0. The lowest BCUT2D eigenvalue weighted by Crippen LogP contribution is -2.38. The summed E-state index contributed by atoms with van der Waals surface area (Å²) in [5.74, 6) is 0.487. The maximum absolute atomic E-state index is 13.1. The summed E-state index contributed by atoms with van der Waals surface area (Å²) in [6.07, 6.45) is 8.08. The summed E-state index contributed by atoms with van der Waals surface area (Å²) < 4.78 is 27.7. The summed E-state index contributed by atoms with van der Waals surface area (Å²) in [6, 6.07) is 8.22. The molecule has 1 saturated heterocycles. The fourth-order valence-electron chi connectivity index (χ4n) is 4.81. The van der Waals surface area contributed by atoms with E-state index in [9.17, 15) is 18.5 Å². The summed E-state index contributed by atoms with van der Waals surface area (Å²) in [7, 11) is -3.76. The number of anilines is 1. The second kappa shape index (κ2) is 8.84. The van der Waals surface area contributed by atoms with Gasteiger partial charge in [-0.1, -0.05) is 13.0 Å². The van der Waals surface area contributed by atoms with E-state index in [1.165, 1.54) is 16.4 Å². The van der Waals surface area contributed by atoms with Crippen molar-refractivity contribution in [1.29, 1.82) is 0 Å². The van der Waals surface area contributed by atoms with Crippen molar-refractivity contribution in [3.05, 3.63) is 64.5 Å². The molecule has 1 N–H and O–H groups in total. The standard InChI is InChI=1S/C24H27N5O4S/c1-17-6-13-28(14-7-17)34(32,33)19-4-5-22(23(15-19)29(30)31)27-11-8-18(9-12-27)21-16-26-24-20(21)3-2-10-25-24/h2-5,8,10,15-17H,6-7,9,11-14H2,1H3,(H,25,26). The number of aromatic nitrogens is 2. The van der Waals surface area contributed by atoms with Crippen molar-refractivity contribution in [2.45, 2.75) is 31.1 Å². The highest BCUT2D eigenvalue weighted by Gasteiger charge is 2.31. The lowest BCUT2D eigenvalue weighted by molar-refractivity contribution is -0.384. The number of aromatic amines is 1. The van der Waals surface area contributed by atoms with E-state index in [0.717, 1.165) is 35.0 Å². The third kappa shape index (κ3) is 4.07. The first-order chi connectivity index (χ1) is 16.3. The highest BCUT2D eigenvalue weighted by Crippen LogP contribution is 2.36. The second-order valence-electron chi connectivity index (χ2n) is 9.02. The van der Waals surface area contributed by atoms with Gasteiger partial charge in [0.2, 0.25) is 10.0 Å². The van der Waals surface area contributed by atoms with Gasteiger partial charge in [-0.05, 0) is 55.0 Å². The summed E-state index contributed by atoms with van der Waals surface area (Å²) in [5.41, 5.74) is 3.34. The van der Waals surface area contributed by atoms with Crippen LogP contribution in [-0.2, 0) is 10.0 Å². The van der Waals surface area contributed by atoms with Gasteiger partial charge in [0.1, 0.15) is 11.3 Å². The van der Waals surface area contributed by atoms with Crippen LogP contribution < -0.4 is 4.90 Å². The van der Waals surface area contributed by atoms with E-state index in [2.05, 4.69) is 23.0 Å². The molecular formula is C24H27N5O4S. The number of hydrogen-bond donors (Lipinski definition) is 1. The minimum absolute atomic E-state index is 0.0166. The number of nitro groups is 1. The van der Waals surface area contributed by atoms with Gasteiger partial charge in [-0.2, -0.15) is 4.31 Å². The Kier molecular flexibility index (Phi) is 5.86. The van der Waals surface area contributed by atoms with E-state index in [1.54, 1.807) is 12.3 Å². The van der Waals surface area contributed by atoms with Gasteiger partial charge < -0.3 is 9.88 Å². The SMILES string of the molecule is CC1CCN(S(=O)(=O)c2ccc(N3CC=C(c4c[nH]c5ncccc45)CC3)c([N+](=O)[O-])c2)CC1. The first-order valence-corrected chi connectivity index (χ1v) is 12.9. The van der Waals surface area contributed by atoms with Crippen LogP contribution in [0.1, 0.15) is 31.7 Å². The first-order valence-electron chi connectivity index (χ1n) is 11.5. The lowest BCUT2D eigenvalue weighted by atomic mass is 9.99. The van der Waals surface area contributed by atoms with Crippen LogP contribution in [0.2, 0.25) is 0 Å². The zero-order chi connectivity index (χ0) is 23.9. The number of nitro benzene ring substituents is 1. The number of pyridine rings is 1. The molecule has 0 atom stereocenters. The Hall–Kier alpha value is -3.24. The molecule has 9 nitrogen and oxygen atoms in total. The molecule has 0 unspecified atom stereocenters. The predicted molar refractivity (Wildman–Crippen MR) is 131 cm³/mol. The van der Waals surface area contributed by atoms with Crippen LogP contribution in [0.5, 0.6) is 0 Å². The van der Waals surface area contributed by atoms with Gasteiger partial charge >= 0.3 is 0 Å². The van der Waals surface area contributed by atoms with Crippen molar-refractivity contribution < 1.29 is 13.3 Å². The molecule has 5 rings (SSSR count). The van der Waals surface area contributed by atoms with Gasteiger partial charge in [0.25, 0.3) is 5.69 Å². The molecule has 0 radical (unpaired) electrons. The third-order valence-electron chi connectivity index (χ3n) is 6.87. The van der Waals surface area contributed by atoms with Gasteiger partial charge in [-0.3, -0.25) is 10.1 Å². The molecule has 2 aliphatic heterocycles. The number of hydrogen-bond acceptors (Lipinski definition) is 6. The number of sulfonamides is 1. The minimum Gasteiger partial charge on any atom is -0.362 e. The van der Waals surface area contributed by atoms with Crippen molar-refractivity contribution >= 4 is 38.0 Å². The van der Waals surface area contributed by atoms with E-state index in [4.69, 9.17) is 0 Å². The van der Waals surface area contributed by atoms with Gasteiger partial charge in [0, 0.05) is 55.6 Å². The molecule has 0 amide bonds. The molecule has 0 bridgehead atoms. The van der Waals surface area contributed by atoms with Crippen LogP contribution in [0.3, 0.4) is 0 Å². The number of H-pyrrole nitrogens is 1. The fourth-order valence-corrected chi connectivity index (χ4v) is 6.30. The highest BCUT2D eigenvalue weighted by molar-refractivity contribution is 7.89. The average molecular weight is 482 g/mol. The molecule has 10 heteroatoms. The number of nitrogens with zero attached hydrogens (tertiary/aromatic N) is 4. The molecule has 1 fully saturated rings. The third-order valence-corrected chi connectivity index (χ3v) is 8.77. The molecule has 0 spiro atoms. The Balaban J connectivity index is 1.41.